The first-order valence-corrected chi connectivity index (χ1v) is 8.50. The third kappa shape index (κ3) is 3.74. The Balaban J connectivity index is 1.65. The number of fused-ring (bicyclic) bond motifs is 1. The lowest BCUT2D eigenvalue weighted by Gasteiger charge is -2.13. The number of aryl methyl sites for hydroxylation is 1. The zero-order valence-electron chi connectivity index (χ0n) is 12.8. The lowest BCUT2D eigenvalue weighted by molar-refractivity contribution is -0.124. The van der Waals surface area contributed by atoms with Crippen LogP contribution < -0.4 is 10.6 Å². The van der Waals surface area contributed by atoms with Crippen molar-refractivity contribution in [3.05, 3.63) is 54.1 Å². The topological polar surface area (TPSA) is 58.2 Å². The van der Waals surface area contributed by atoms with Gasteiger partial charge in [-0.15, -0.1) is 11.8 Å². The van der Waals surface area contributed by atoms with Crippen molar-refractivity contribution < 1.29 is 9.59 Å². The molecule has 0 fully saturated rings. The molecule has 0 bridgehead atoms. The lowest BCUT2D eigenvalue weighted by atomic mass is 10.1. The maximum absolute atomic E-state index is 12.3. The second-order valence-corrected chi connectivity index (χ2v) is 6.62. The molecule has 3 rings (SSSR count). The number of para-hydroxylation sites is 2. The number of benzene rings is 2. The summed E-state index contributed by atoms with van der Waals surface area (Å²) < 4.78 is 0. The number of thioether (sulfide) groups is 1. The highest BCUT2D eigenvalue weighted by Gasteiger charge is 2.26. The quantitative estimate of drug-likeness (QED) is 0.904. The lowest BCUT2D eigenvalue weighted by Crippen LogP contribution is -2.28. The van der Waals surface area contributed by atoms with Gasteiger partial charge in [-0.25, -0.2) is 0 Å². The Kier molecular flexibility index (Phi) is 4.67. The molecule has 118 valence electrons. The van der Waals surface area contributed by atoms with Gasteiger partial charge in [0.15, 0.2) is 0 Å². The smallest absolute Gasteiger partial charge is 0.228 e. The van der Waals surface area contributed by atoms with Gasteiger partial charge in [-0.3, -0.25) is 9.59 Å². The van der Waals surface area contributed by atoms with Crippen LogP contribution in [-0.2, 0) is 9.59 Å². The molecule has 1 aliphatic heterocycles. The number of carbonyl (C=O) groups is 2. The summed E-state index contributed by atoms with van der Waals surface area (Å²) in [6.45, 7) is 1.94. The summed E-state index contributed by atoms with van der Waals surface area (Å²) in [4.78, 5) is 25.6. The highest BCUT2D eigenvalue weighted by Crippen LogP contribution is 2.33. The van der Waals surface area contributed by atoms with Crippen LogP contribution in [0.1, 0.15) is 12.0 Å². The molecule has 2 amide bonds. The first-order chi connectivity index (χ1) is 11.1. The van der Waals surface area contributed by atoms with Gasteiger partial charge in [-0.2, -0.15) is 0 Å². The molecule has 23 heavy (non-hydrogen) atoms. The maximum atomic E-state index is 12.3. The molecule has 0 saturated heterocycles. The van der Waals surface area contributed by atoms with Crippen LogP contribution in [0.4, 0.5) is 11.4 Å². The van der Waals surface area contributed by atoms with Gasteiger partial charge in [0.25, 0.3) is 0 Å². The van der Waals surface area contributed by atoms with Gasteiger partial charge in [0.05, 0.1) is 11.6 Å². The number of hydrogen-bond donors (Lipinski definition) is 2. The predicted molar refractivity (Wildman–Crippen MR) is 93.7 cm³/mol. The molecule has 1 aliphatic rings. The number of nitrogens with one attached hydrogen (secondary N) is 2. The van der Waals surface area contributed by atoms with Crippen LogP contribution in [0, 0.1) is 12.8 Å². The minimum absolute atomic E-state index is 0.0950. The van der Waals surface area contributed by atoms with Crippen molar-refractivity contribution in [2.45, 2.75) is 18.2 Å². The SMILES string of the molecule is Cc1ccccc1NC(=O)C[C@H]1CSc2ccccc2NC1=O. The first-order valence-electron chi connectivity index (χ1n) is 7.51. The largest absolute Gasteiger partial charge is 0.326 e. The van der Waals surface area contributed by atoms with Crippen LogP contribution in [0.5, 0.6) is 0 Å². The van der Waals surface area contributed by atoms with Crippen LogP contribution in [-0.4, -0.2) is 17.6 Å². The standard InChI is InChI=1S/C18H18N2O2S/c1-12-6-2-3-7-14(12)19-17(21)10-13-11-23-16-9-5-4-8-15(16)20-18(13)22/h2-9,13H,10-11H2,1H3,(H,19,21)(H,20,22)/t13-/m0/s1. The predicted octanol–water partition coefficient (Wildman–Crippen LogP) is 3.68. The number of hydrogen-bond acceptors (Lipinski definition) is 3. The van der Waals surface area contributed by atoms with Gasteiger partial charge in [-0.1, -0.05) is 30.3 Å². The second-order valence-electron chi connectivity index (χ2n) is 5.56. The summed E-state index contributed by atoms with van der Waals surface area (Å²) >= 11 is 1.61. The summed E-state index contributed by atoms with van der Waals surface area (Å²) in [5, 5.41) is 5.80. The van der Waals surface area contributed by atoms with Crippen molar-refractivity contribution in [2.24, 2.45) is 5.92 Å². The van der Waals surface area contributed by atoms with E-state index in [2.05, 4.69) is 10.6 Å². The Hall–Kier alpha value is -2.27. The summed E-state index contributed by atoms with van der Waals surface area (Å²) in [6.07, 6.45) is 0.182. The number of anilines is 2. The van der Waals surface area contributed by atoms with Gasteiger partial charge < -0.3 is 10.6 Å². The Morgan fingerprint density at radius 1 is 1.22 bits per heavy atom. The Morgan fingerprint density at radius 3 is 2.78 bits per heavy atom. The molecule has 4 nitrogen and oxygen atoms in total. The minimum Gasteiger partial charge on any atom is -0.326 e. The van der Waals surface area contributed by atoms with Crippen molar-refractivity contribution in [3.8, 4) is 0 Å². The summed E-state index contributed by atoms with van der Waals surface area (Å²) in [7, 11) is 0. The van der Waals surface area contributed by atoms with E-state index >= 15 is 0 Å². The van der Waals surface area contributed by atoms with E-state index in [0.29, 0.717) is 5.75 Å². The zero-order chi connectivity index (χ0) is 16.2. The van der Waals surface area contributed by atoms with E-state index in [0.717, 1.165) is 21.8 Å². The fraction of sp³-hybridized carbons (Fsp3) is 0.222. The monoisotopic (exact) mass is 326 g/mol. The fourth-order valence-electron chi connectivity index (χ4n) is 2.49. The maximum Gasteiger partial charge on any atom is 0.228 e. The summed E-state index contributed by atoms with van der Waals surface area (Å²) in [5.41, 5.74) is 2.62. The molecular formula is C18H18N2O2S. The molecule has 0 saturated carbocycles. The minimum atomic E-state index is -0.337. The van der Waals surface area contributed by atoms with E-state index in [9.17, 15) is 9.59 Å². The second kappa shape index (κ2) is 6.87. The highest BCUT2D eigenvalue weighted by molar-refractivity contribution is 7.99. The van der Waals surface area contributed by atoms with E-state index in [1.54, 1.807) is 11.8 Å². The van der Waals surface area contributed by atoms with Crippen molar-refractivity contribution in [2.75, 3.05) is 16.4 Å². The molecule has 0 radical (unpaired) electrons. The van der Waals surface area contributed by atoms with Crippen molar-refractivity contribution >= 4 is 35.0 Å². The Bertz CT molecular complexity index is 745. The van der Waals surface area contributed by atoms with Gasteiger partial charge in [0.2, 0.25) is 11.8 Å². The highest BCUT2D eigenvalue weighted by atomic mass is 32.2. The molecule has 0 aliphatic carbocycles. The summed E-state index contributed by atoms with van der Waals surface area (Å²) in [6, 6.07) is 15.3. The van der Waals surface area contributed by atoms with E-state index in [1.807, 2.05) is 55.5 Å². The van der Waals surface area contributed by atoms with E-state index in [1.165, 1.54) is 0 Å². The molecule has 0 unspecified atom stereocenters. The van der Waals surface area contributed by atoms with Crippen LogP contribution in [0.25, 0.3) is 0 Å². The fourth-order valence-corrected chi connectivity index (χ4v) is 3.59. The van der Waals surface area contributed by atoms with Gasteiger partial charge in [0, 0.05) is 22.8 Å². The molecule has 2 aromatic carbocycles. The Morgan fingerprint density at radius 2 is 1.96 bits per heavy atom. The molecular weight excluding hydrogens is 308 g/mol. The average molecular weight is 326 g/mol. The van der Waals surface area contributed by atoms with Crippen molar-refractivity contribution in [3.63, 3.8) is 0 Å². The average Bonchev–Trinajstić information content (AvgIpc) is 2.69. The summed E-state index contributed by atoms with van der Waals surface area (Å²) in [5.74, 6) is 0.0362. The van der Waals surface area contributed by atoms with E-state index in [4.69, 9.17) is 0 Å². The van der Waals surface area contributed by atoms with Gasteiger partial charge in [0.1, 0.15) is 0 Å². The molecule has 2 aromatic rings. The van der Waals surface area contributed by atoms with E-state index < -0.39 is 0 Å². The number of rotatable bonds is 3. The zero-order valence-corrected chi connectivity index (χ0v) is 13.7. The van der Waals surface area contributed by atoms with Gasteiger partial charge >= 0.3 is 0 Å². The Labute approximate surface area is 139 Å². The number of carbonyl (C=O) groups excluding carboxylic acids is 2. The number of amides is 2. The van der Waals surface area contributed by atoms with Crippen molar-refractivity contribution in [1.82, 2.24) is 0 Å². The first kappa shape index (κ1) is 15.6. The van der Waals surface area contributed by atoms with Crippen LogP contribution in [0.2, 0.25) is 0 Å². The molecule has 0 aromatic heterocycles. The molecule has 0 spiro atoms. The normalized spacial score (nSPS) is 16.9. The third-order valence-corrected chi connectivity index (χ3v) is 5.04. The van der Waals surface area contributed by atoms with E-state index in [-0.39, 0.29) is 24.2 Å². The van der Waals surface area contributed by atoms with Crippen LogP contribution in [0.3, 0.4) is 0 Å². The molecule has 2 N–H and O–H groups in total. The molecule has 5 heteroatoms. The van der Waals surface area contributed by atoms with Gasteiger partial charge in [-0.05, 0) is 30.7 Å². The molecule has 1 heterocycles. The van der Waals surface area contributed by atoms with Crippen LogP contribution >= 0.6 is 11.8 Å². The van der Waals surface area contributed by atoms with Crippen molar-refractivity contribution in [1.29, 1.82) is 0 Å². The van der Waals surface area contributed by atoms with Crippen LogP contribution in [0.15, 0.2) is 53.4 Å². The molecule has 1 atom stereocenters. The third-order valence-electron chi connectivity index (χ3n) is 3.81.